The van der Waals surface area contributed by atoms with E-state index in [1.807, 2.05) is 18.7 Å². The van der Waals surface area contributed by atoms with Gasteiger partial charge >= 0.3 is 0 Å². The Morgan fingerprint density at radius 3 is 2.26 bits per heavy atom. The second-order valence-electron chi connectivity index (χ2n) is 6.04. The van der Waals surface area contributed by atoms with Crippen LogP contribution in [0, 0.1) is 20.8 Å². The van der Waals surface area contributed by atoms with Crippen molar-refractivity contribution in [2.24, 2.45) is 0 Å². The van der Waals surface area contributed by atoms with Crippen molar-refractivity contribution >= 4 is 11.6 Å². The fourth-order valence-corrected chi connectivity index (χ4v) is 3.05. The molecule has 1 aromatic heterocycles. The minimum Gasteiger partial charge on any atom is -0.368 e. The molecule has 0 radical (unpaired) electrons. The van der Waals surface area contributed by atoms with Crippen molar-refractivity contribution in [3.63, 3.8) is 0 Å². The van der Waals surface area contributed by atoms with Crippen molar-refractivity contribution in [3.8, 4) is 0 Å². The minimum absolute atomic E-state index is 0.0458. The predicted molar refractivity (Wildman–Crippen MR) is 90.8 cm³/mol. The first-order valence-electron chi connectivity index (χ1n) is 7.95. The molecule has 1 fully saturated rings. The Hall–Kier alpha value is -2.43. The monoisotopic (exact) mass is 310 g/mol. The predicted octanol–water partition coefficient (Wildman–Crippen LogP) is 2.36. The van der Waals surface area contributed by atoms with Crippen LogP contribution in [-0.4, -0.2) is 47.0 Å². The maximum atomic E-state index is 12.8. The molecule has 1 aromatic carbocycles. The fraction of sp³-hybridized carbons (Fsp3) is 0.389. The number of hydrogen-bond acceptors (Lipinski definition) is 4. The Kier molecular flexibility index (Phi) is 4.28. The van der Waals surface area contributed by atoms with E-state index in [0.717, 1.165) is 37.6 Å². The number of amides is 1. The van der Waals surface area contributed by atoms with Crippen LogP contribution in [-0.2, 0) is 0 Å². The number of aryl methyl sites for hydroxylation is 3. The van der Waals surface area contributed by atoms with E-state index in [9.17, 15) is 4.79 Å². The summed E-state index contributed by atoms with van der Waals surface area (Å²) in [6.45, 7) is 8.98. The first-order chi connectivity index (χ1) is 11.1. The smallest absolute Gasteiger partial charge is 0.257 e. The number of benzene rings is 1. The lowest BCUT2D eigenvalue weighted by atomic mass is 10.1. The van der Waals surface area contributed by atoms with Gasteiger partial charge in [-0.15, -0.1) is 0 Å². The summed E-state index contributed by atoms with van der Waals surface area (Å²) < 4.78 is 0. The van der Waals surface area contributed by atoms with Crippen molar-refractivity contribution in [1.82, 2.24) is 14.9 Å². The first-order valence-corrected chi connectivity index (χ1v) is 7.95. The van der Waals surface area contributed by atoms with Crippen molar-refractivity contribution in [2.45, 2.75) is 20.8 Å². The molecule has 1 aliphatic rings. The van der Waals surface area contributed by atoms with Gasteiger partial charge in [0.1, 0.15) is 6.33 Å². The lowest BCUT2D eigenvalue weighted by Crippen LogP contribution is -2.49. The highest BCUT2D eigenvalue weighted by Crippen LogP contribution is 2.19. The summed E-state index contributed by atoms with van der Waals surface area (Å²) in [5.41, 5.74) is 4.64. The van der Waals surface area contributed by atoms with Crippen LogP contribution in [0.4, 0.5) is 5.69 Å². The van der Waals surface area contributed by atoms with E-state index in [1.165, 1.54) is 17.6 Å². The standard InChI is InChI=1S/C18H22N4O/c1-13-5-4-6-16(11-13)21-7-9-22(10-8-21)18(23)17-14(2)19-12-20-15(17)3/h4-6,11-12H,7-10H2,1-3H3. The Balaban J connectivity index is 1.70. The molecule has 0 unspecified atom stereocenters. The topological polar surface area (TPSA) is 49.3 Å². The third-order valence-corrected chi connectivity index (χ3v) is 4.37. The number of anilines is 1. The Bertz CT molecular complexity index is 700. The Morgan fingerprint density at radius 1 is 1.00 bits per heavy atom. The van der Waals surface area contributed by atoms with Gasteiger partial charge in [0.25, 0.3) is 5.91 Å². The van der Waals surface area contributed by atoms with Gasteiger partial charge in [-0.3, -0.25) is 4.79 Å². The molecule has 0 atom stereocenters. The molecule has 5 heteroatoms. The summed E-state index contributed by atoms with van der Waals surface area (Å²) in [5, 5.41) is 0. The maximum absolute atomic E-state index is 12.8. The van der Waals surface area contributed by atoms with Crippen LogP contribution < -0.4 is 4.90 Å². The summed E-state index contributed by atoms with van der Waals surface area (Å²) in [4.78, 5) is 25.3. The average molecular weight is 310 g/mol. The Labute approximate surface area is 137 Å². The average Bonchev–Trinajstić information content (AvgIpc) is 2.55. The zero-order chi connectivity index (χ0) is 16.4. The fourth-order valence-electron chi connectivity index (χ4n) is 3.05. The molecule has 120 valence electrons. The van der Waals surface area contributed by atoms with E-state index in [1.54, 1.807) is 0 Å². The van der Waals surface area contributed by atoms with Crippen LogP contribution >= 0.6 is 0 Å². The molecule has 23 heavy (non-hydrogen) atoms. The van der Waals surface area contributed by atoms with Crippen molar-refractivity contribution < 1.29 is 4.79 Å². The van der Waals surface area contributed by atoms with E-state index in [-0.39, 0.29) is 5.91 Å². The van der Waals surface area contributed by atoms with Crippen molar-refractivity contribution in [3.05, 3.63) is 53.1 Å². The van der Waals surface area contributed by atoms with Gasteiger partial charge in [0.2, 0.25) is 0 Å². The molecular weight excluding hydrogens is 288 g/mol. The van der Waals surface area contributed by atoms with Crippen LogP contribution in [0.3, 0.4) is 0 Å². The van der Waals surface area contributed by atoms with E-state index in [0.29, 0.717) is 5.56 Å². The van der Waals surface area contributed by atoms with Crippen LogP contribution in [0.15, 0.2) is 30.6 Å². The first kappa shape index (κ1) is 15.5. The molecule has 1 aliphatic heterocycles. The largest absolute Gasteiger partial charge is 0.368 e. The highest BCUT2D eigenvalue weighted by Gasteiger charge is 2.25. The van der Waals surface area contributed by atoms with Gasteiger partial charge in [0.05, 0.1) is 17.0 Å². The second kappa shape index (κ2) is 6.36. The van der Waals surface area contributed by atoms with E-state index < -0.39 is 0 Å². The lowest BCUT2D eigenvalue weighted by Gasteiger charge is -2.36. The lowest BCUT2D eigenvalue weighted by molar-refractivity contribution is 0.0744. The molecule has 3 rings (SSSR count). The van der Waals surface area contributed by atoms with Gasteiger partial charge in [-0.1, -0.05) is 12.1 Å². The van der Waals surface area contributed by atoms with E-state index in [4.69, 9.17) is 0 Å². The number of piperazine rings is 1. The molecule has 1 saturated heterocycles. The molecule has 0 saturated carbocycles. The third-order valence-electron chi connectivity index (χ3n) is 4.37. The summed E-state index contributed by atoms with van der Waals surface area (Å²) in [7, 11) is 0. The molecule has 5 nitrogen and oxygen atoms in total. The zero-order valence-electron chi connectivity index (χ0n) is 13.9. The minimum atomic E-state index is 0.0458. The van der Waals surface area contributed by atoms with Gasteiger partial charge in [0.15, 0.2) is 0 Å². The second-order valence-corrected chi connectivity index (χ2v) is 6.04. The summed E-state index contributed by atoms with van der Waals surface area (Å²) >= 11 is 0. The van der Waals surface area contributed by atoms with Gasteiger partial charge < -0.3 is 9.80 Å². The van der Waals surface area contributed by atoms with Crippen LogP contribution in [0.2, 0.25) is 0 Å². The van der Waals surface area contributed by atoms with Gasteiger partial charge in [-0.25, -0.2) is 9.97 Å². The summed E-state index contributed by atoms with van der Waals surface area (Å²) in [6, 6.07) is 8.50. The number of rotatable bonds is 2. The summed E-state index contributed by atoms with van der Waals surface area (Å²) in [6.07, 6.45) is 1.51. The van der Waals surface area contributed by atoms with Gasteiger partial charge in [0, 0.05) is 31.9 Å². The highest BCUT2D eigenvalue weighted by atomic mass is 16.2. The third kappa shape index (κ3) is 3.18. The molecule has 0 bridgehead atoms. The molecule has 0 N–H and O–H groups in total. The van der Waals surface area contributed by atoms with Crippen LogP contribution in [0.1, 0.15) is 27.3 Å². The number of carbonyl (C=O) groups is 1. The molecule has 0 aliphatic carbocycles. The zero-order valence-corrected chi connectivity index (χ0v) is 13.9. The van der Waals surface area contributed by atoms with Crippen molar-refractivity contribution in [1.29, 1.82) is 0 Å². The molecule has 2 heterocycles. The maximum Gasteiger partial charge on any atom is 0.257 e. The van der Waals surface area contributed by atoms with Crippen molar-refractivity contribution in [2.75, 3.05) is 31.1 Å². The molecular formula is C18H22N4O. The number of carbonyl (C=O) groups excluding carboxylic acids is 1. The number of nitrogens with zero attached hydrogens (tertiary/aromatic N) is 4. The molecule has 1 amide bonds. The Morgan fingerprint density at radius 2 is 1.65 bits per heavy atom. The number of aromatic nitrogens is 2. The van der Waals surface area contributed by atoms with Gasteiger partial charge in [-0.05, 0) is 38.5 Å². The SMILES string of the molecule is Cc1cccc(N2CCN(C(=O)c3c(C)ncnc3C)CC2)c1. The molecule has 2 aromatic rings. The van der Waals surface area contributed by atoms with Gasteiger partial charge in [-0.2, -0.15) is 0 Å². The quantitative estimate of drug-likeness (QED) is 0.854. The van der Waals surface area contributed by atoms with Crippen LogP contribution in [0.5, 0.6) is 0 Å². The normalized spacial score (nSPS) is 14.9. The summed E-state index contributed by atoms with van der Waals surface area (Å²) in [5.74, 6) is 0.0458. The van der Waals surface area contributed by atoms with Crippen LogP contribution in [0.25, 0.3) is 0 Å². The molecule has 0 spiro atoms. The number of hydrogen-bond donors (Lipinski definition) is 0. The highest BCUT2D eigenvalue weighted by molar-refractivity contribution is 5.96. The van der Waals surface area contributed by atoms with E-state index >= 15 is 0 Å². The van der Waals surface area contributed by atoms with E-state index in [2.05, 4.69) is 46.1 Å².